The number of amides is 4. The number of nitrogens with one attached hydrogen (secondary N) is 2. The Morgan fingerprint density at radius 2 is 1.65 bits per heavy atom. The number of anilines is 1. The van der Waals surface area contributed by atoms with Gasteiger partial charge in [-0.05, 0) is 74.4 Å². The fourth-order valence-electron chi connectivity index (χ4n) is 7.21. The lowest BCUT2D eigenvalue weighted by atomic mass is 9.99. The van der Waals surface area contributed by atoms with E-state index in [0.717, 1.165) is 45.7 Å². The maximum absolute atomic E-state index is 14.7. The van der Waals surface area contributed by atoms with E-state index < -0.39 is 35.8 Å². The summed E-state index contributed by atoms with van der Waals surface area (Å²) >= 11 is 0. The number of halogens is 1. The molecule has 2 aliphatic heterocycles. The molecule has 0 spiro atoms. The Kier molecular flexibility index (Phi) is 14.6. The maximum atomic E-state index is 14.7. The molecule has 4 aromatic rings. The van der Waals surface area contributed by atoms with Gasteiger partial charge in [-0.15, -0.1) is 0 Å². The molecule has 0 radical (unpaired) electrons. The molecule has 4 amide bonds. The molecule has 2 unspecified atom stereocenters. The molecule has 15 nitrogen and oxygen atoms in total. The molecule has 316 valence electrons. The number of benzene rings is 1. The lowest BCUT2D eigenvalue weighted by Crippen LogP contribution is -2.54. The van der Waals surface area contributed by atoms with Crippen LogP contribution in [0.3, 0.4) is 0 Å². The minimum Gasteiger partial charge on any atom is -0.382 e. The van der Waals surface area contributed by atoms with Gasteiger partial charge in [0.15, 0.2) is 5.78 Å². The minimum absolute atomic E-state index is 0.0354. The molecule has 1 aliphatic carbocycles. The lowest BCUT2D eigenvalue weighted by Gasteiger charge is -2.27. The van der Waals surface area contributed by atoms with E-state index in [0.29, 0.717) is 75.0 Å². The fraction of sp³-hybridized carbons (Fsp3) is 0.455. The van der Waals surface area contributed by atoms with Gasteiger partial charge in [0, 0.05) is 73.0 Å². The highest BCUT2D eigenvalue weighted by atomic mass is 19.1. The monoisotopic (exact) mass is 824 g/mol. The van der Waals surface area contributed by atoms with E-state index in [2.05, 4.69) is 20.6 Å². The average molecular weight is 825 g/mol. The molecule has 2 atom stereocenters. The quantitative estimate of drug-likeness (QED) is 0.0568. The molecule has 60 heavy (non-hydrogen) atoms. The van der Waals surface area contributed by atoms with Crippen LogP contribution in [0.2, 0.25) is 0 Å². The molecule has 5 heterocycles. The summed E-state index contributed by atoms with van der Waals surface area (Å²) in [6, 6.07) is 12.1. The number of hydrogen-bond donors (Lipinski definition) is 2. The van der Waals surface area contributed by atoms with Crippen molar-refractivity contribution in [1.29, 1.82) is 0 Å². The number of aryl methyl sites for hydroxylation is 1. The second-order valence-electron chi connectivity index (χ2n) is 15.0. The zero-order valence-electron chi connectivity index (χ0n) is 33.4. The van der Waals surface area contributed by atoms with Crippen molar-refractivity contribution in [3.05, 3.63) is 94.7 Å². The first-order valence-electron chi connectivity index (χ1n) is 20.5. The molecule has 3 aromatic heterocycles. The summed E-state index contributed by atoms with van der Waals surface area (Å²) < 4.78 is 36.8. The Morgan fingerprint density at radius 1 is 0.883 bits per heavy atom. The van der Waals surface area contributed by atoms with Crippen molar-refractivity contribution in [2.75, 3.05) is 58.2 Å². The standard InChI is InChI=1S/C44H49FN6O9/c45-30(7-12-39(52)35-26-47-33(24-37(35)48-31-9-10-31)23-32-8-6-29-25-46-15-14-36(29)49-32)27-60-22-21-59-20-19-58-18-17-57-16-2-4-28-3-1-5-34-41(28)44(56)51(43(34)55)38-11-13-40(53)50-42(38)54/h1,3,5-6,8,14-15,24-26,30-31,38H,2,4,7,9-13,16-23,27H2,(H,47,48)(H,50,53,54). The van der Waals surface area contributed by atoms with Gasteiger partial charge in [-0.1, -0.05) is 12.1 Å². The molecule has 3 aliphatic rings. The van der Waals surface area contributed by atoms with Crippen LogP contribution in [0.1, 0.15) is 93.0 Å². The van der Waals surface area contributed by atoms with Gasteiger partial charge in [0.25, 0.3) is 11.8 Å². The van der Waals surface area contributed by atoms with Gasteiger partial charge in [0.2, 0.25) is 11.8 Å². The highest BCUT2D eigenvalue weighted by Gasteiger charge is 2.45. The second kappa shape index (κ2) is 20.6. The van der Waals surface area contributed by atoms with Crippen molar-refractivity contribution >= 4 is 46.0 Å². The van der Waals surface area contributed by atoms with Crippen LogP contribution in [0.5, 0.6) is 0 Å². The highest BCUT2D eigenvalue weighted by Crippen LogP contribution is 2.31. The van der Waals surface area contributed by atoms with E-state index >= 15 is 0 Å². The summed E-state index contributed by atoms with van der Waals surface area (Å²) in [6.45, 7) is 2.16. The van der Waals surface area contributed by atoms with Crippen LogP contribution < -0.4 is 10.6 Å². The Hall–Kier alpha value is -5.55. The second-order valence-corrected chi connectivity index (χ2v) is 15.0. The van der Waals surface area contributed by atoms with Gasteiger partial charge < -0.3 is 24.3 Å². The predicted octanol–water partition coefficient (Wildman–Crippen LogP) is 4.59. The number of ether oxygens (including phenoxy) is 4. The van der Waals surface area contributed by atoms with Gasteiger partial charge >= 0.3 is 0 Å². The van der Waals surface area contributed by atoms with Crippen LogP contribution in [-0.2, 0) is 41.4 Å². The molecule has 7 rings (SSSR count). The van der Waals surface area contributed by atoms with Crippen molar-refractivity contribution in [1.82, 2.24) is 25.2 Å². The largest absolute Gasteiger partial charge is 0.382 e. The lowest BCUT2D eigenvalue weighted by molar-refractivity contribution is -0.136. The Bertz CT molecular complexity index is 2200. The van der Waals surface area contributed by atoms with Crippen molar-refractivity contribution < 1.29 is 47.3 Å². The molecular weight excluding hydrogens is 776 g/mol. The summed E-state index contributed by atoms with van der Waals surface area (Å²) in [5.41, 5.74) is 4.97. The van der Waals surface area contributed by atoms with Gasteiger partial charge in [-0.2, -0.15) is 0 Å². The molecule has 1 aromatic carbocycles. The molecular formula is C44H49FN6O9. The van der Waals surface area contributed by atoms with Crippen molar-refractivity contribution in [3.63, 3.8) is 0 Å². The van der Waals surface area contributed by atoms with E-state index in [1.54, 1.807) is 36.8 Å². The molecule has 2 N–H and O–H groups in total. The Labute approximate surface area is 346 Å². The van der Waals surface area contributed by atoms with Gasteiger partial charge in [-0.25, -0.2) is 4.39 Å². The first kappa shape index (κ1) is 42.6. The SMILES string of the molecule is O=C1CCC(N2C(=O)c3cccc(CCCOCCOCCOCCOCC(F)CCC(=O)c4cnc(Cc5ccc6cnccc6n5)cc4NC4CC4)c3C2=O)C(=O)N1. The number of alkyl halides is 1. The number of ketones is 1. The van der Waals surface area contributed by atoms with Gasteiger partial charge in [0.1, 0.15) is 12.2 Å². The number of pyridine rings is 3. The molecule has 1 saturated carbocycles. The number of piperidine rings is 1. The summed E-state index contributed by atoms with van der Waals surface area (Å²) in [7, 11) is 0. The Morgan fingerprint density at radius 3 is 2.42 bits per heavy atom. The third-order valence-corrected chi connectivity index (χ3v) is 10.5. The maximum Gasteiger partial charge on any atom is 0.262 e. The van der Waals surface area contributed by atoms with Crippen LogP contribution in [0.4, 0.5) is 10.1 Å². The van der Waals surface area contributed by atoms with E-state index in [1.165, 1.54) is 0 Å². The zero-order valence-corrected chi connectivity index (χ0v) is 33.4. The molecule has 1 saturated heterocycles. The van der Waals surface area contributed by atoms with Crippen molar-refractivity contribution in [2.45, 2.75) is 76.0 Å². The summed E-state index contributed by atoms with van der Waals surface area (Å²) in [4.78, 5) is 77.7. The van der Waals surface area contributed by atoms with E-state index in [9.17, 15) is 28.4 Å². The van der Waals surface area contributed by atoms with Crippen LogP contribution in [0, 0.1) is 0 Å². The summed E-state index contributed by atoms with van der Waals surface area (Å²) in [5.74, 6) is -2.27. The molecule has 16 heteroatoms. The van der Waals surface area contributed by atoms with Crippen LogP contribution in [0.25, 0.3) is 10.9 Å². The normalized spacial score (nSPS) is 16.9. The third kappa shape index (κ3) is 11.2. The summed E-state index contributed by atoms with van der Waals surface area (Å²) in [5, 5.41) is 6.61. The number of carbonyl (C=O) groups excluding carboxylic acids is 5. The fourth-order valence-corrected chi connectivity index (χ4v) is 7.21. The average Bonchev–Trinajstić information content (AvgIpc) is 4.03. The topological polar surface area (TPSA) is 188 Å². The summed E-state index contributed by atoms with van der Waals surface area (Å²) in [6.07, 6.45) is 7.71. The van der Waals surface area contributed by atoms with Gasteiger partial charge in [0.05, 0.1) is 68.5 Å². The van der Waals surface area contributed by atoms with Crippen LogP contribution in [-0.4, -0.2) is 120 Å². The number of fused-ring (bicyclic) bond motifs is 2. The van der Waals surface area contributed by atoms with Crippen LogP contribution in [0.15, 0.2) is 61.1 Å². The third-order valence-electron chi connectivity index (χ3n) is 10.5. The van der Waals surface area contributed by atoms with Crippen molar-refractivity contribution in [3.8, 4) is 0 Å². The zero-order chi connectivity index (χ0) is 41.8. The number of Topliss-reactive ketones (excluding diaryl/α,β-unsaturated/α-hetero) is 1. The van der Waals surface area contributed by atoms with Crippen LogP contribution >= 0.6 is 0 Å². The number of aromatic nitrogens is 3. The Balaban J connectivity index is 0.716. The van der Waals surface area contributed by atoms with E-state index in [-0.39, 0.29) is 56.9 Å². The number of hydrogen-bond acceptors (Lipinski definition) is 13. The first-order valence-corrected chi connectivity index (χ1v) is 20.5. The van der Waals surface area contributed by atoms with E-state index in [1.807, 2.05) is 24.3 Å². The van der Waals surface area contributed by atoms with Crippen molar-refractivity contribution in [2.24, 2.45) is 0 Å². The molecule has 2 fully saturated rings. The number of imide groups is 2. The first-order chi connectivity index (χ1) is 29.2. The van der Waals surface area contributed by atoms with E-state index in [4.69, 9.17) is 23.9 Å². The van der Waals surface area contributed by atoms with Gasteiger partial charge in [-0.3, -0.25) is 49.1 Å². The minimum atomic E-state index is -1.30. The highest BCUT2D eigenvalue weighted by molar-refractivity contribution is 6.24. The number of carbonyl (C=O) groups is 5. The number of rotatable bonds is 24. The predicted molar refractivity (Wildman–Crippen MR) is 216 cm³/mol. The molecule has 0 bridgehead atoms. The number of nitrogens with zero attached hydrogens (tertiary/aromatic N) is 4. The smallest absolute Gasteiger partial charge is 0.262 e.